The lowest BCUT2D eigenvalue weighted by Gasteiger charge is -2.19. The summed E-state index contributed by atoms with van der Waals surface area (Å²) in [6, 6.07) is 13.3. The zero-order valence-electron chi connectivity index (χ0n) is 15.1. The average molecular weight is 389 g/mol. The number of para-hydroxylation sites is 1. The summed E-state index contributed by atoms with van der Waals surface area (Å²) >= 11 is 0. The molecule has 0 saturated heterocycles. The van der Waals surface area contributed by atoms with Gasteiger partial charge in [0.1, 0.15) is 29.5 Å². The van der Waals surface area contributed by atoms with E-state index in [1.807, 2.05) is 34.9 Å². The number of aromatic amines is 1. The van der Waals surface area contributed by atoms with Crippen LogP contribution in [0.5, 0.6) is 0 Å². The zero-order valence-corrected chi connectivity index (χ0v) is 15.1. The lowest BCUT2D eigenvalue weighted by atomic mass is 10.2. The molecule has 29 heavy (non-hydrogen) atoms. The zero-order chi connectivity index (χ0) is 19.8. The van der Waals surface area contributed by atoms with Gasteiger partial charge in [-0.1, -0.05) is 18.2 Å². The minimum absolute atomic E-state index is 0.252. The number of aliphatic hydroxyl groups is 1. The van der Waals surface area contributed by atoms with Crippen LogP contribution >= 0.6 is 0 Å². The van der Waals surface area contributed by atoms with Crippen molar-refractivity contribution in [1.29, 1.82) is 0 Å². The maximum atomic E-state index is 14.0. The van der Waals surface area contributed by atoms with E-state index >= 15 is 0 Å². The predicted molar refractivity (Wildman–Crippen MR) is 106 cm³/mol. The number of aliphatic hydroxyl groups excluding tert-OH is 1. The molecule has 144 valence electrons. The Hall–Kier alpha value is -3.85. The molecule has 5 aromatic rings. The SMILES string of the molecule is OCC(Nc1ncnc2nc[nH]c12)c1nc2ccc(F)cc2n1-c1ccccc1. The molecule has 5 rings (SSSR count). The van der Waals surface area contributed by atoms with E-state index in [-0.39, 0.29) is 12.4 Å². The van der Waals surface area contributed by atoms with Gasteiger partial charge in [0, 0.05) is 11.8 Å². The molecule has 1 atom stereocenters. The second kappa shape index (κ2) is 6.95. The van der Waals surface area contributed by atoms with Crippen molar-refractivity contribution in [2.24, 2.45) is 0 Å². The summed E-state index contributed by atoms with van der Waals surface area (Å²) in [5, 5.41) is 13.4. The highest BCUT2D eigenvalue weighted by Gasteiger charge is 2.22. The maximum Gasteiger partial charge on any atom is 0.182 e. The van der Waals surface area contributed by atoms with Crippen LogP contribution in [0.1, 0.15) is 11.9 Å². The molecule has 0 fully saturated rings. The first-order valence-corrected chi connectivity index (χ1v) is 8.99. The first-order valence-electron chi connectivity index (χ1n) is 8.99. The van der Waals surface area contributed by atoms with Crippen LogP contribution < -0.4 is 5.32 Å². The van der Waals surface area contributed by atoms with E-state index in [1.54, 1.807) is 6.07 Å². The average Bonchev–Trinajstić information content (AvgIpc) is 3.37. The third-order valence-corrected chi connectivity index (χ3v) is 4.69. The Labute approximate surface area is 164 Å². The molecule has 0 bridgehead atoms. The van der Waals surface area contributed by atoms with E-state index in [0.717, 1.165) is 5.69 Å². The van der Waals surface area contributed by atoms with Crippen LogP contribution in [-0.4, -0.2) is 41.2 Å². The fraction of sp³-hybridized carbons (Fsp3) is 0.100. The molecule has 0 aliphatic heterocycles. The van der Waals surface area contributed by atoms with E-state index < -0.39 is 6.04 Å². The number of imidazole rings is 2. The summed E-state index contributed by atoms with van der Waals surface area (Å²) in [5.41, 5.74) is 3.18. The Kier molecular flexibility index (Phi) is 4.14. The van der Waals surface area contributed by atoms with Crippen molar-refractivity contribution in [3.8, 4) is 5.69 Å². The molecule has 3 aromatic heterocycles. The largest absolute Gasteiger partial charge is 0.394 e. The highest BCUT2D eigenvalue weighted by atomic mass is 19.1. The number of anilines is 1. The lowest BCUT2D eigenvalue weighted by Crippen LogP contribution is -2.20. The molecular weight excluding hydrogens is 373 g/mol. The highest BCUT2D eigenvalue weighted by molar-refractivity contribution is 5.82. The second-order valence-corrected chi connectivity index (χ2v) is 6.48. The number of fused-ring (bicyclic) bond motifs is 2. The summed E-state index contributed by atoms with van der Waals surface area (Å²) in [5.74, 6) is 0.666. The van der Waals surface area contributed by atoms with Crippen LogP contribution in [0.25, 0.3) is 27.9 Å². The van der Waals surface area contributed by atoms with Gasteiger partial charge < -0.3 is 15.4 Å². The molecule has 0 saturated carbocycles. The van der Waals surface area contributed by atoms with Gasteiger partial charge in [-0.15, -0.1) is 0 Å². The van der Waals surface area contributed by atoms with E-state index in [0.29, 0.717) is 33.8 Å². The van der Waals surface area contributed by atoms with Crippen molar-refractivity contribution >= 4 is 28.0 Å². The third kappa shape index (κ3) is 2.97. The molecule has 0 aliphatic carbocycles. The van der Waals surface area contributed by atoms with Gasteiger partial charge in [-0.2, -0.15) is 0 Å². The summed E-state index contributed by atoms with van der Waals surface area (Å²) in [7, 11) is 0. The summed E-state index contributed by atoms with van der Waals surface area (Å²) < 4.78 is 15.8. The molecule has 8 nitrogen and oxygen atoms in total. The van der Waals surface area contributed by atoms with Gasteiger partial charge in [0.05, 0.1) is 24.0 Å². The van der Waals surface area contributed by atoms with Crippen molar-refractivity contribution in [2.45, 2.75) is 6.04 Å². The highest BCUT2D eigenvalue weighted by Crippen LogP contribution is 2.28. The molecule has 0 radical (unpaired) electrons. The number of nitrogens with one attached hydrogen (secondary N) is 2. The molecule has 0 aliphatic rings. The van der Waals surface area contributed by atoms with Gasteiger partial charge in [-0.25, -0.2) is 24.3 Å². The number of hydrogen-bond acceptors (Lipinski definition) is 6. The fourth-order valence-electron chi connectivity index (χ4n) is 3.38. The van der Waals surface area contributed by atoms with Gasteiger partial charge in [-0.05, 0) is 24.3 Å². The Balaban J connectivity index is 1.67. The minimum atomic E-state index is -0.605. The molecule has 2 aromatic carbocycles. The topological polar surface area (TPSA) is 105 Å². The predicted octanol–water partition coefficient (Wildman–Crippen LogP) is 2.98. The van der Waals surface area contributed by atoms with Crippen LogP contribution in [0, 0.1) is 5.82 Å². The quantitative estimate of drug-likeness (QED) is 0.427. The number of nitrogens with zero attached hydrogens (tertiary/aromatic N) is 5. The first kappa shape index (κ1) is 17.3. The van der Waals surface area contributed by atoms with Gasteiger partial charge in [-0.3, -0.25) is 4.57 Å². The van der Waals surface area contributed by atoms with Crippen molar-refractivity contribution in [3.05, 3.63) is 72.8 Å². The van der Waals surface area contributed by atoms with E-state index in [1.165, 1.54) is 24.8 Å². The van der Waals surface area contributed by atoms with Gasteiger partial charge >= 0.3 is 0 Å². The Morgan fingerprint density at radius 2 is 1.97 bits per heavy atom. The lowest BCUT2D eigenvalue weighted by molar-refractivity contribution is 0.271. The monoisotopic (exact) mass is 389 g/mol. The number of aromatic nitrogens is 6. The molecule has 1 unspecified atom stereocenters. The van der Waals surface area contributed by atoms with Crippen LogP contribution in [0.15, 0.2) is 61.2 Å². The molecule has 9 heteroatoms. The van der Waals surface area contributed by atoms with Crippen LogP contribution in [0.3, 0.4) is 0 Å². The number of halogens is 1. The number of rotatable bonds is 5. The van der Waals surface area contributed by atoms with Crippen LogP contribution in [-0.2, 0) is 0 Å². The van der Waals surface area contributed by atoms with E-state index in [2.05, 4.69) is 30.2 Å². The Bertz CT molecular complexity index is 1300. The normalized spacial score (nSPS) is 12.5. The fourth-order valence-corrected chi connectivity index (χ4v) is 3.38. The van der Waals surface area contributed by atoms with Crippen molar-refractivity contribution in [3.63, 3.8) is 0 Å². The number of benzene rings is 2. The van der Waals surface area contributed by atoms with E-state index in [9.17, 15) is 9.50 Å². The minimum Gasteiger partial charge on any atom is -0.394 e. The summed E-state index contributed by atoms with van der Waals surface area (Å²) in [4.78, 5) is 20.1. The smallest absolute Gasteiger partial charge is 0.182 e. The third-order valence-electron chi connectivity index (χ3n) is 4.69. The number of hydrogen-bond donors (Lipinski definition) is 3. The summed E-state index contributed by atoms with van der Waals surface area (Å²) in [6.07, 6.45) is 2.93. The maximum absolute atomic E-state index is 14.0. The van der Waals surface area contributed by atoms with Gasteiger partial charge in [0.15, 0.2) is 11.5 Å². The Morgan fingerprint density at radius 3 is 2.79 bits per heavy atom. The second-order valence-electron chi connectivity index (χ2n) is 6.48. The van der Waals surface area contributed by atoms with Gasteiger partial charge in [0.2, 0.25) is 0 Å². The molecule has 0 spiro atoms. The van der Waals surface area contributed by atoms with Crippen LogP contribution in [0.2, 0.25) is 0 Å². The van der Waals surface area contributed by atoms with E-state index in [4.69, 9.17) is 0 Å². The molecule has 0 amide bonds. The van der Waals surface area contributed by atoms with Crippen LogP contribution in [0.4, 0.5) is 10.2 Å². The molecular formula is C20H16FN7O. The Morgan fingerprint density at radius 1 is 1.10 bits per heavy atom. The van der Waals surface area contributed by atoms with Crippen molar-refractivity contribution < 1.29 is 9.50 Å². The van der Waals surface area contributed by atoms with Crippen molar-refractivity contribution in [1.82, 2.24) is 29.5 Å². The summed E-state index contributed by atoms with van der Waals surface area (Å²) in [6.45, 7) is -0.252. The van der Waals surface area contributed by atoms with Gasteiger partial charge in [0.25, 0.3) is 0 Å². The first-order chi connectivity index (χ1) is 14.2. The molecule has 3 N–H and O–H groups in total. The van der Waals surface area contributed by atoms with Crippen molar-refractivity contribution in [2.75, 3.05) is 11.9 Å². The molecule has 3 heterocycles. The standard InChI is InChI=1S/C20H16FN7O/c21-12-6-7-14-16(8-12)28(13-4-2-1-3-5-13)20(27-14)15(9-29)26-19-17-18(23-10-22-17)24-11-25-19/h1-8,10-11,15,29H,9H2,(H2,22,23,24,25,26). The number of H-pyrrole nitrogens is 1.